The fraction of sp³-hybridized carbons (Fsp3) is 0.375. The highest BCUT2D eigenvalue weighted by Crippen LogP contribution is 2.21. The Balaban J connectivity index is 1.47. The molecule has 1 fully saturated rings. The van der Waals surface area contributed by atoms with E-state index in [4.69, 9.17) is 4.74 Å². The molecule has 0 radical (unpaired) electrons. The van der Waals surface area contributed by atoms with E-state index in [1.54, 1.807) is 17.0 Å². The van der Waals surface area contributed by atoms with Crippen LogP contribution in [0.1, 0.15) is 30.5 Å². The van der Waals surface area contributed by atoms with Crippen LogP contribution in [0.15, 0.2) is 48.5 Å². The zero-order chi connectivity index (χ0) is 24.7. The molecule has 1 aliphatic heterocycles. The SMILES string of the molecule is CC(=O)NC(CC(=O)OCC(=O)N1CCN(c2ccc([N+](=O)[O-])cc2)CC1)c1ccc(C)cc1. The average molecular weight is 469 g/mol. The number of hydrogen-bond donors (Lipinski definition) is 1. The molecule has 10 nitrogen and oxygen atoms in total. The quantitative estimate of drug-likeness (QED) is 0.358. The van der Waals surface area contributed by atoms with Gasteiger partial charge in [0.1, 0.15) is 0 Å². The van der Waals surface area contributed by atoms with Crippen molar-refractivity contribution in [2.24, 2.45) is 0 Å². The number of nitrogens with one attached hydrogen (secondary N) is 1. The van der Waals surface area contributed by atoms with Crippen molar-refractivity contribution in [1.82, 2.24) is 10.2 Å². The van der Waals surface area contributed by atoms with Gasteiger partial charge in [-0.05, 0) is 24.6 Å². The highest BCUT2D eigenvalue weighted by molar-refractivity contribution is 5.81. The van der Waals surface area contributed by atoms with Gasteiger partial charge in [0.05, 0.1) is 17.4 Å². The number of carbonyl (C=O) groups is 3. The van der Waals surface area contributed by atoms with Gasteiger partial charge in [-0.2, -0.15) is 0 Å². The number of piperazine rings is 1. The van der Waals surface area contributed by atoms with Gasteiger partial charge in [-0.15, -0.1) is 0 Å². The molecule has 10 heteroatoms. The van der Waals surface area contributed by atoms with Gasteiger partial charge >= 0.3 is 5.97 Å². The second-order valence-corrected chi connectivity index (χ2v) is 8.17. The predicted octanol–water partition coefficient (Wildman–Crippen LogP) is 2.36. The number of aryl methyl sites for hydroxylation is 1. The first-order valence-corrected chi connectivity index (χ1v) is 11.0. The van der Waals surface area contributed by atoms with Crippen LogP contribution in [-0.2, 0) is 19.1 Å². The third kappa shape index (κ3) is 6.77. The minimum absolute atomic E-state index is 0.0301. The number of benzene rings is 2. The van der Waals surface area contributed by atoms with Crippen molar-refractivity contribution in [2.45, 2.75) is 26.3 Å². The van der Waals surface area contributed by atoms with Crippen LogP contribution in [0, 0.1) is 17.0 Å². The van der Waals surface area contributed by atoms with Crippen LogP contribution in [0.2, 0.25) is 0 Å². The second-order valence-electron chi connectivity index (χ2n) is 8.17. The summed E-state index contributed by atoms with van der Waals surface area (Å²) in [5.41, 5.74) is 2.73. The molecule has 180 valence electrons. The lowest BCUT2D eigenvalue weighted by Gasteiger charge is -2.36. The summed E-state index contributed by atoms with van der Waals surface area (Å²) < 4.78 is 5.20. The Morgan fingerprint density at radius 2 is 1.65 bits per heavy atom. The monoisotopic (exact) mass is 468 g/mol. The topological polar surface area (TPSA) is 122 Å². The van der Waals surface area contributed by atoms with E-state index in [2.05, 4.69) is 5.32 Å². The van der Waals surface area contributed by atoms with Crippen LogP contribution in [-0.4, -0.2) is 60.4 Å². The van der Waals surface area contributed by atoms with Gasteiger partial charge in [-0.3, -0.25) is 24.5 Å². The zero-order valence-electron chi connectivity index (χ0n) is 19.2. The Morgan fingerprint density at radius 3 is 2.21 bits per heavy atom. The number of nitrogens with zero attached hydrogens (tertiary/aromatic N) is 3. The molecule has 1 heterocycles. The van der Waals surface area contributed by atoms with Crippen molar-refractivity contribution in [1.29, 1.82) is 0 Å². The average Bonchev–Trinajstić information content (AvgIpc) is 2.82. The minimum atomic E-state index is -0.572. The van der Waals surface area contributed by atoms with Crippen molar-refractivity contribution in [3.05, 3.63) is 69.8 Å². The first-order chi connectivity index (χ1) is 16.2. The third-order valence-electron chi connectivity index (χ3n) is 5.64. The van der Waals surface area contributed by atoms with Gasteiger partial charge in [0.15, 0.2) is 6.61 Å². The number of hydrogen-bond acceptors (Lipinski definition) is 7. The van der Waals surface area contributed by atoms with Crippen molar-refractivity contribution in [3.63, 3.8) is 0 Å². The maximum atomic E-state index is 12.5. The Labute approximate surface area is 197 Å². The number of esters is 1. The van der Waals surface area contributed by atoms with E-state index < -0.39 is 16.9 Å². The van der Waals surface area contributed by atoms with Gasteiger partial charge in [-0.25, -0.2) is 0 Å². The summed E-state index contributed by atoms with van der Waals surface area (Å²) >= 11 is 0. The fourth-order valence-electron chi connectivity index (χ4n) is 3.75. The lowest BCUT2D eigenvalue weighted by molar-refractivity contribution is -0.384. The Kier molecular flexibility index (Phi) is 8.18. The van der Waals surface area contributed by atoms with Crippen molar-refractivity contribution < 1.29 is 24.0 Å². The van der Waals surface area contributed by atoms with Crippen LogP contribution >= 0.6 is 0 Å². The largest absolute Gasteiger partial charge is 0.455 e. The molecule has 2 amide bonds. The highest BCUT2D eigenvalue weighted by atomic mass is 16.6. The van der Waals surface area contributed by atoms with Crippen LogP contribution in [0.3, 0.4) is 0 Å². The maximum Gasteiger partial charge on any atom is 0.308 e. The lowest BCUT2D eigenvalue weighted by Crippen LogP contribution is -2.50. The lowest BCUT2D eigenvalue weighted by atomic mass is 10.0. The fourth-order valence-corrected chi connectivity index (χ4v) is 3.75. The number of rotatable bonds is 8. The number of amides is 2. The van der Waals surface area contributed by atoms with Gasteiger partial charge in [-0.1, -0.05) is 29.8 Å². The van der Waals surface area contributed by atoms with Crippen molar-refractivity contribution in [2.75, 3.05) is 37.7 Å². The van der Waals surface area contributed by atoms with E-state index in [9.17, 15) is 24.5 Å². The smallest absolute Gasteiger partial charge is 0.308 e. The highest BCUT2D eigenvalue weighted by Gasteiger charge is 2.24. The molecule has 1 atom stereocenters. The number of nitro groups is 1. The van der Waals surface area contributed by atoms with E-state index in [0.717, 1.165) is 16.8 Å². The molecule has 2 aromatic carbocycles. The molecule has 0 aliphatic carbocycles. The molecule has 2 aromatic rings. The van der Waals surface area contributed by atoms with E-state index in [0.29, 0.717) is 26.2 Å². The molecule has 1 N–H and O–H groups in total. The predicted molar refractivity (Wildman–Crippen MR) is 125 cm³/mol. The summed E-state index contributed by atoms with van der Waals surface area (Å²) in [4.78, 5) is 50.5. The summed E-state index contributed by atoms with van der Waals surface area (Å²) in [6.45, 7) is 4.99. The zero-order valence-corrected chi connectivity index (χ0v) is 19.2. The maximum absolute atomic E-state index is 12.5. The number of ether oxygens (including phenoxy) is 1. The molecule has 1 aliphatic rings. The first-order valence-electron chi connectivity index (χ1n) is 11.0. The Morgan fingerprint density at radius 1 is 1.03 bits per heavy atom. The molecule has 1 saturated heterocycles. The summed E-state index contributed by atoms with van der Waals surface area (Å²) in [6, 6.07) is 13.2. The van der Waals surface area contributed by atoms with Crippen LogP contribution in [0.4, 0.5) is 11.4 Å². The van der Waals surface area contributed by atoms with Crippen LogP contribution in [0.5, 0.6) is 0 Å². The van der Waals surface area contributed by atoms with Crippen molar-refractivity contribution >= 4 is 29.2 Å². The van der Waals surface area contributed by atoms with E-state index >= 15 is 0 Å². The normalized spacial score (nSPS) is 14.3. The number of nitro benzene ring substituents is 1. The summed E-state index contributed by atoms with van der Waals surface area (Å²) in [5, 5.41) is 13.5. The van der Waals surface area contributed by atoms with E-state index in [1.165, 1.54) is 19.1 Å². The first kappa shape index (κ1) is 24.7. The van der Waals surface area contributed by atoms with Gasteiger partial charge in [0.25, 0.3) is 11.6 Å². The molecule has 34 heavy (non-hydrogen) atoms. The molecular formula is C24H28N4O6. The molecule has 0 spiro atoms. The van der Waals surface area contributed by atoms with Crippen LogP contribution in [0.25, 0.3) is 0 Å². The number of non-ortho nitro benzene ring substituents is 1. The summed E-state index contributed by atoms with van der Waals surface area (Å²) in [5.74, 6) is -1.12. The van der Waals surface area contributed by atoms with Gasteiger partial charge < -0.3 is 19.9 Å². The number of carbonyl (C=O) groups excluding carboxylic acids is 3. The van der Waals surface area contributed by atoms with E-state index in [1.807, 2.05) is 36.1 Å². The summed E-state index contributed by atoms with van der Waals surface area (Å²) in [6.07, 6.45) is -0.0795. The van der Waals surface area contributed by atoms with Crippen molar-refractivity contribution in [3.8, 4) is 0 Å². The summed E-state index contributed by atoms with van der Waals surface area (Å²) in [7, 11) is 0. The van der Waals surface area contributed by atoms with E-state index in [-0.39, 0.29) is 30.5 Å². The van der Waals surface area contributed by atoms with Gasteiger partial charge in [0, 0.05) is 50.9 Å². The molecule has 3 rings (SSSR count). The molecule has 1 unspecified atom stereocenters. The third-order valence-corrected chi connectivity index (χ3v) is 5.64. The Bertz CT molecular complexity index is 1030. The Hall–Kier alpha value is -3.95. The number of anilines is 1. The molecule has 0 saturated carbocycles. The van der Waals surface area contributed by atoms with Crippen LogP contribution < -0.4 is 10.2 Å². The van der Waals surface area contributed by atoms with Gasteiger partial charge in [0.2, 0.25) is 5.91 Å². The molecule has 0 aromatic heterocycles. The standard InChI is InChI=1S/C24H28N4O6/c1-17-3-5-19(6-4-17)22(25-18(2)29)15-24(31)34-16-23(30)27-13-11-26(12-14-27)20-7-9-21(10-8-20)28(32)33/h3-10,22H,11-16H2,1-2H3,(H,25,29). The molecule has 0 bridgehead atoms. The minimum Gasteiger partial charge on any atom is -0.455 e. The molecular weight excluding hydrogens is 440 g/mol. The second kappa shape index (κ2) is 11.3.